The fraction of sp³-hybridized carbons (Fsp3) is 0.0943. The van der Waals surface area contributed by atoms with Crippen molar-refractivity contribution in [2.24, 2.45) is 4.99 Å². The minimum Gasteiger partial charge on any atom is -0.350 e. The van der Waals surface area contributed by atoms with Gasteiger partial charge in [-0.15, -0.1) is 0 Å². The van der Waals surface area contributed by atoms with Gasteiger partial charge in [0.25, 0.3) is 0 Å². The van der Waals surface area contributed by atoms with Crippen LogP contribution in [0, 0.1) is 11.3 Å². The fourth-order valence-corrected chi connectivity index (χ4v) is 8.77. The van der Waals surface area contributed by atoms with Crippen LogP contribution in [-0.2, 0) is 5.41 Å². The first-order valence-electron chi connectivity index (χ1n) is 19.6. The maximum Gasteiger partial charge on any atom is 0.131 e. The highest BCUT2D eigenvalue weighted by Gasteiger charge is 2.36. The molecule has 10 rings (SSSR count). The van der Waals surface area contributed by atoms with Crippen LogP contribution in [0.1, 0.15) is 59.6 Å². The molecule has 2 unspecified atom stereocenters. The van der Waals surface area contributed by atoms with Gasteiger partial charge in [-0.3, -0.25) is 5.32 Å². The van der Waals surface area contributed by atoms with Crippen LogP contribution in [0.4, 0.5) is 0 Å². The number of nitriles is 1. The molecule has 0 fully saturated rings. The minimum atomic E-state index is -0.228. The van der Waals surface area contributed by atoms with E-state index in [1.54, 1.807) is 0 Å². The molecular formula is C53H40N4. The molecule has 0 spiro atoms. The van der Waals surface area contributed by atoms with E-state index in [2.05, 4.69) is 194 Å². The van der Waals surface area contributed by atoms with Crippen LogP contribution in [0.2, 0.25) is 0 Å². The van der Waals surface area contributed by atoms with Gasteiger partial charge in [0.2, 0.25) is 0 Å². The number of aliphatic imine (C=N–C) groups is 1. The van der Waals surface area contributed by atoms with Crippen LogP contribution < -0.4 is 10.6 Å². The van der Waals surface area contributed by atoms with Gasteiger partial charge in [-0.05, 0) is 95.7 Å². The maximum absolute atomic E-state index is 9.57. The third-order valence-corrected chi connectivity index (χ3v) is 11.8. The number of amidine groups is 1. The van der Waals surface area contributed by atoms with E-state index in [-0.39, 0.29) is 17.7 Å². The van der Waals surface area contributed by atoms with E-state index in [4.69, 9.17) is 4.99 Å². The van der Waals surface area contributed by atoms with Crippen molar-refractivity contribution in [1.82, 2.24) is 10.6 Å². The van der Waals surface area contributed by atoms with Crippen molar-refractivity contribution in [1.29, 1.82) is 5.26 Å². The largest absolute Gasteiger partial charge is 0.350 e. The standard InChI is InChI=1S/C53H40N4/c1-53(2)47-31-34(33-54)17-28-45(47)46-30-27-42(32-48(46)53)35-18-20-37(21-19-35)44-29-26-36-11-9-10-16-43(36)49(44)38-22-24-41(25-23-38)52-56-50(39-12-5-3-6-13-39)55-51(57-52)40-14-7-4-8-15-40/h3-32,50,52,56H,1-2H3,(H,55,57). The Hall–Kier alpha value is -7.06. The Kier molecular flexibility index (Phi) is 8.40. The summed E-state index contributed by atoms with van der Waals surface area (Å²) in [5.74, 6) is 0.875. The molecule has 4 nitrogen and oxygen atoms in total. The Morgan fingerprint density at radius 3 is 1.89 bits per heavy atom. The second-order valence-electron chi connectivity index (χ2n) is 15.6. The van der Waals surface area contributed by atoms with E-state index >= 15 is 0 Å². The number of hydrogen-bond donors (Lipinski definition) is 2. The fourth-order valence-electron chi connectivity index (χ4n) is 8.77. The lowest BCUT2D eigenvalue weighted by atomic mass is 9.81. The summed E-state index contributed by atoms with van der Waals surface area (Å²) < 4.78 is 0. The molecule has 4 heteroatoms. The highest BCUT2D eigenvalue weighted by atomic mass is 15.3. The third-order valence-electron chi connectivity index (χ3n) is 11.8. The smallest absolute Gasteiger partial charge is 0.131 e. The average molecular weight is 733 g/mol. The summed E-state index contributed by atoms with van der Waals surface area (Å²) in [6.45, 7) is 4.53. The quantitative estimate of drug-likeness (QED) is 0.179. The van der Waals surface area contributed by atoms with E-state index in [0.717, 1.165) is 28.1 Å². The lowest BCUT2D eigenvalue weighted by molar-refractivity contribution is 0.409. The molecular weight excluding hydrogens is 693 g/mol. The summed E-state index contributed by atoms with van der Waals surface area (Å²) in [6, 6.07) is 67.2. The van der Waals surface area contributed by atoms with Crippen molar-refractivity contribution in [2.75, 3.05) is 0 Å². The zero-order valence-corrected chi connectivity index (χ0v) is 31.9. The maximum atomic E-state index is 9.57. The van der Waals surface area contributed by atoms with Crippen LogP contribution >= 0.6 is 0 Å². The highest BCUT2D eigenvalue weighted by molar-refractivity contribution is 6.04. The SMILES string of the molecule is CC1(C)c2cc(C#N)ccc2-c2ccc(-c3ccc(-c4ccc5ccccc5c4-c4ccc(C5N=C(c6ccccc6)NC(c6ccccc6)N5)cc4)cc3)cc21. The van der Waals surface area contributed by atoms with Gasteiger partial charge < -0.3 is 5.32 Å². The zero-order valence-electron chi connectivity index (χ0n) is 31.9. The van der Waals surface area contributed by atoms with E-state index in [1.165, 1.54) is 60.8 Å². The van der Waals surface area contributed by atoms with Gasteiger partial charge >= 0.3 is 0 Å². The van der Waals surface area contributed by atoms with Crippen LogP contribution in [0.5, 0.6) is 0 Å². The van der Waals surface area contributed by atoms with Gasteiger partial charge in [0.1, 0.15) is 18.2 Å². The van der Waals surface area contributed by atoms with Crippen molar-refractivity contribution in [3.63, 3.8) is 0 Å². The molecule has 1 aliphatic heterocycles. The monoisotopic (exact) mass is 732 g/mol. The molecule has 2 aliphatic rings. The first kappa shape index (κ1) is 34.4. The Bertz CT molecular complexity index is 2870. The van der Waals surface area contributed by atoms with Crippen molar-refractivity contribution in [3.8, 4) is 50.6 Å². The summed E-state index contributed by atoms with van der Waals surface area (Å²) >= 11 is 0. The number of benzene rings is 8. The molecule has 57 heavy (non-hydrogen) atoms. The van der Waals surface area contributed by atoms with E-state index < -0.39 is 0 Å². The molecule has 8 aromatic carbocycles. The Balaban J connectivity index is 0.993. The summed E-state index contributed by atoms with van der Waals surface area (Å²) in [7, 11) is 0. The van der Waals surface area contributed by atoms with Gasteiger partial charge in [0, 0.05) is 11.0 Å². The molecule has 0 amide bonds. The van der Waals surface area contributed by atoms with Gasteiger partial charge in [0.15, 0.2) is 0 Å². The van der Waals surface area contributed by atoms with Crippen molar-refractivity contribution < 1.29 is 0 Å². The molecule has 0 radical (unpaired) electrons. The summed E-state index contributed by atoms with van der Waals surface area (Å²) in [4.78, 5) is 5.18. The predicted molar refractivity (Wildman–Crippen MR) is 234 cm³/mol. The van der Waals surface area contributed by atoms with E-state index in [9.17, 15) is 5.26 Å². The normalized spacial score (nSPS) is 16.5. The van der Waals surface area contributed by atoms with Gasteiger partial charge in [-0.1, -0.05) is 178 Å². The number of fused-ring (bicyclic) bond motifs is 4. The van der Waals surface area contributed by atoms with E-state index in [1.807, 2.05) is 18.2 Å². The highest BCUT2D eigenvalue weighted by Crippen LogP contribution is 2.50. The number of nitrogens with zero attached hydrogens (tertiary/aromatic N) is 2. The third kappa shape index (κ3) is 6.10. The number of nitrogens with one attached hydrogen (secondary N) is 2. The number of rotatable bonds is 6. The van der Waals surface area contributed by atoms with Crippen LogP contribution in [0.25, 0.3) is 55.3 Å². The average Bonchev–Trinajstić information content (AvgIpc) is 3.51. The summed E-state index contributed by atoms with van der Waals surface area (Å²) in [6.07, 6.45) is -0.317. The second kappa shape index (κ2) is 13.9. The molecule has 0 saturated carbocycles. The molecule has 0 saturated heterocycles. The summed E-state index contributed by atoms with van der Waals surface area (Å²) in [5, 5.41) is 19.4. The van der Waals surface area contributed by atoms with Crippen LogP contribution in [0.3, 0.4) is 0 Å². The first-order chi connectivity index (χ1) is 27.9. The Labute approximate surface area is 333 Å². The van der Waals surface area contributed by atoms with E-state index in [0.29, 0.717) is 5.56 Å². The molecule has 1 aliphatic carbocycles. The molecule has 1 heterocycles. The van der Waals surface area contributed by atoms with Crippen LogP contribution in [-0.4, -0.2) is 5.84 Å². The Morgan fingerprint density at radius 1 is 0.526 bits per heavy atom. The van der Waals surface area contributed by atoms with Gasteiger partial charge in [-0.25, -0.2) is 4.99 Å². The molecule has 8 aromatic rings. The summed E-state index contributed by atoms with van der Waals surface area (Å²) in [5.41, 5.74) is 15.9. The zero-order chi connectivity index (χ0) is 38.5. The number of hydrogen-bond acceptors (Lipinski definition) is 4. The molecule has 0 aromatic heterocycles. The molecule has 2 atom stereocenters. The lowest BCUT2D eigenvalue weighted by Gasteiger charge is -2.32. The van der Waals surface area contributed by atoms with Crippen LogP contribution in [0.15, 0.2) is 187 Å². The lowest BCUT2D eigenvalue weighted by Crippen LogP contribution is -2.44. The van der Waals surface area contributed by atoms with Gasteiger partial charge in [-0.2, -0.15) is 5.26 Å². The molecule has 272 valence electrons. The molecule has 0 bridgehead atoms. The second-order valence-corrected chi connectivity index (χ2v) is 15.6. The van der Waals surface area contributed by atoms with Gasteiger partial charge in [0.05, 0.1) is 11.6 Å². The first-order valence-corrected chi connectivity index (χ1v) is 19.6. The minimum absolute atomic E-state index is 0.0894. The van der Waals surface area contributed by atoms with Crippen molar-refractivity contribution >= 4 is 16.6 Å². The topological polar surface area (TPSA) is 60.2 Å². The predicted octanol–water partition coefficient (Wildman–Crippen LogP) is 12.4. The molecule has 2 N–H and O–H groups in total. The Morgan fingerprint density at radius 2 is 1.14 bits per heavy atom. The van der Waals surface area contributed by atoms with Crippen molar-refractivity contribution in [2.45, 2.75) is 31.6 Å². The van der Waals surface area contributed by atoms with Crippen molar-refractivity contribution in [3.05, 3.63) is 215 Å².